The average molecular weight is 350 g/mol. The van der Waals surface area contributed by atoms with Crippen LogP contribution in [0.2, 0.25) is 0 Å². The molecule has 4 rings (SSSR count). The van der Waals surface area contributed by atoms with Crippen LogP contribution >= 0.6 is 11.3 Å². The number of nitrogens with zero attached hydrogens (tertiary/aromatic N) is 4. The fourth-order valence-corrected chi connectivity index (χ4v) is 3.82. The zero-order valence-electron chi connectivity index (χ0n) is 14.1. The van der Waals surface area contributed by atoms with Crippen LogP contribution in [0.25, 0.3) is 5.69 Å². The van der Waals surface area contributed by atoms with Crippen molar-refractivity contribution in [1.82, 2.24) is 14.8 Å². The molecule has 1 aromatic carbocycles. The summed E-state index contributed by atoms with van der Waals surface area (Å²) in [5.74, 6) is -0.0536. The van der Waals surface area contributed by atoms with Crippen molar-refractivity contribution < 1.29 is 4.79 Å². The molecule has 6 heteroatoms. The van der Waals surface area contributed by atoms with Gasteiger partial charge in [0.05, 0.1) is 23.1 Å². The van der Waals surface area contributed by atoms with Gasteiger partial charge in [0.2, 0.25) is 5.91 Å². The predicted molar refractivity (Wildman–Crippen MR) is 99.0 cm³/mol. The molecule has 0 unspecified atom stereocenters. The minimum Gasteiger partial charge on any atom is -0.273 e. The Morgan fingerprint density at radius 1 is 1.24 bits per heavy atom. The van der Waals surface area contributed by atoms with Gasteiger partial charge in [-0.2, -0.15) is 21.5 Å². The van der Waals surface area contributed by atoms with Crippen LogP contribution in [0.15, 0.2) is 58.5 Å². The number of thiophene rings is 1. The number of hydrogen-bond donors (Lipinski definition) is 0. The summed E-state index contributed by atoms with van der Waals surface area (Å²) in [6.07, 6.45) is 2.72. The highest BCUT2D eigenvalue weighted by atomic mass is 32.1. The van der Waals surface area contributed by atoms with Gasteiger partial charge in [-0.15, -0.1) is 0 Å². The number of para-hydroxylation sites is 1. The molecule has 3 aromatic rings. The monoisotopic (exact) mass is 350 g/mol. The maximum Gasteiger partial charge on any atom is 0.240 e. The Bertz CT molecular complexity index is 928. The van der Waals surface area contributed by atoms with Crippen molar-refractivity contribution in [3.63, 3.8) is 0 Å². The second-order valence-corrected chi connectivity index (χ2v) is 6.87. The summed E-state index contributed by atoms with van der Waals surface area (Å²) in [6.45, 7) is 3.54. The molecule has 0 saturated carbocycles. The lowest BCUT2D eigenvalue weighted by atomic mass is 10.0. The third-order valence-corrected chi connectivity index (χ3v) is 5.09. The van der Waals surface area contributed by atoms with E-state index in [2.05, 4.69) is 15.6 Å². The molecular weight excluding hydrogens is 332 g/mol. The van der Waals surface area contributed by atoms with Gasteiger partial charge in [0, 0.05) is 30.7 Å². The fraction of sp³-hybridized carbons (Fsp3) is 0.211. The van der Waals surface area contributed by atoms with Crippen LogP contribution in [0, 0.1) is 6.92 Å². The number of rotatable bonds is 3. The van der Waals surface area contributed by atoms with Gasteiger partial charge in [-0.05, 0) is 35.9 Å². The topological polar surface area (TPSA) is 50.5 Å². The van der Waals surface area contributed by atoms with Gasteiger partial charge >= 0.3 is 0 Å². The lowest BCUT2D eigenvalue weighted by Gasteiger charge is -2.19. The molecule has 2 aromatic heterocycles. The van der Waals surface area contributed by atoms with Crippen LogP contribution in [0.3, 0.4) is 0 Å². The SMILES string of the molecule is CC(=O)N1N=C(c2ccsc2)C[C@@H]1c1cn(-c2ccccc2)nc1C. The summed E-state index contributed by atoms with van der Waals surface area (Å²) in [5.41, 5.74) is 5.00. The van der Waals surface area contributed by atoms with Crippen molar-refractivity contribution in [1.29, 1.82) is 0 Å². The number of hydrogen-bond acceptors (Lipinski definition) is 4. The lowest BCUT2D eigenvalue weighted by Crippen LogP contribution is -2.24. The molecule has 0 radical (unpaired) electrons. The molecule has 1 aliphatic heterocycles. The maximum atomic E-state index is 12.1. The van der Waals surface area contributed by atoms with Crippen molar-refractivity contribution in [3.05, 3.63) is 70.2 Å². The molecule has 1 aliphatic rings. The molecule has 1 amide bonds. The smallest absolute Gasteiger partial charge is 0.240 e. The van der Waals surface area contributed by atoms with Crippen molar-refractivity contribution in [2.75, 3.05) is 0 Å². The fourth-order valence-electron chi connectivity index (χ4n) is 3.16. The van der Waals surface area contributed by atoms with E-state index in [1.54, 1.807) is 23.3 Å². The highest BCUT2D eigenvalue weighted by Crippen LogP contribution is 2.34. The van der Waals surface area contributed by atoms with Gasteiger partial charge in [0.1, 0.15) is 0 Å². The summed E-state index contributed by atoms with van der Waals surface area (Å²) in [5, 5.41) is 14.9. The number of carbonyl (C=O) groups is 1. The minimum absolute atomic E-state index is 0.0536. The number of benzene rings is 1. The van der Waals surface area contributed by atoms with E-state index < -0.39 is 0 Å². The average Bonchev–Trinajstić information content (AvgIpc) is 3.34. The normalized spacial score (nSPS) is 17.0. The minimum atomic E-state index is -0.107. The number of carbonyl (C=O) groups excluding carboxylic acids is 1. The van der Waals surface area contributed by atoms with Crippen molar-refractivity contribution in [3.8, 4) is 5.69 Å². The Hall–Kier alpha value is -2.73. The van der Waals surface area contributed by atoms with Gasteiger partial charge in [-0.1, -0.05) is 18.2 Å². The standard InChI is InChI=1S/C19H18N4OS/c1-13-17(11-22(20-13)16-6-4-3-5-7-16)19-10-18(15-8-9-25-12-15)21-23(19)14(2)24/h3-9,11-12,19H,10H2,1-2H3/t19-/m1/s1. The van der Waals surface area contributed by atoms with E-state index in [4.69, 9.17) is 0 Å². The van der Waals surface area contributed by atoms with Gasteiger partial charge < -0.3 is 0 Å². The number of aromatic nitrogens is 2. The van der Waals surface area contributed by atoms with Crippen LogP contribution in [0.4, 0.5) is 0 Å². The molecule has 1 atom stereocenters. The van der Waals surface area contributed by atoms with Crippen molar-refractivity contribution in [2.45, 2.75) is 26.3 Å². The summed E-state index contributed by atoms with van der Waals surface area (Å²) >= 11 is 1.64. The van der Waals surface area contributed by atoms with Gasteiger partial charge in [0.25, 0.3) is 0 Å². The highest BCUT2D eigenvalue weighted by molar-refractivity contribution is 7.08. The molecule has 0 saturated heterocycles. The Kier molecular flexibility index (Phi) is 3.97. The van der Waals surface area contributed by atoms with E-state index in [1.807, 2.05) is 59.6 Å². The Balaban J connectivity index is 1.70. The van der Waals surface area contributed by atoms with Crippen LogP contribution in [0.1, 0.15) is 36.2 Å². The first-order valence-corrected chi connectivity index (χ1v) is 9.09. The zero-order chi connectivity index (χ0) is 17.4. The first-order chi connectivity index (χ1) is 12.1. The summed E-state index contributed by atoms with van der Waals surface area (Å²) < 4.78 is 1.87. The Morgan fingerprint density at radius 3 is 2.72 bits per heavy atom. The van der Waals surface area contributed by atoms with E-state index in [1.165, 1.54) is 0 Å². The largest absolute Gasteiger partial charge is 0.273 e. The predicted octanol–water partition coefficient (Wildman–Crippen LogP) is 3.94. The Morgan fingerprint density at radius 2 is 2.04 bits per heavy atom. The van der Waals surface area contributed by atoms with Gasteiger partial charge in [0.15, 0.2) is 0 Å². The number of aryl methyl sites for hydroxylation is 1. The van der Waals surface area contributed by atoms with Crippen LogP contribution < -0.4 is 0 Å². The lowest BCUT2D eigenvalue weighted by molar-refractivity contribution is -0.130. The van der Waals surface area contributed by atoms with Crippen LogP contribution in [-0.2, 0) is 4.79 Å². The molecule has 0 N–H and O–H groups in total. The van der Waals surface area contributed by atoms with E-state index in [9.17, 15) is 4.79 Å². The molecule has 25 heavy (non-hydrogen) atoms. The maximum absolute atomic E-state index is 12.1. The molecule has 0 spiro atoms. The summed E-state index contributed by atoms with van der Waals surface area (Å²) in [6, 6.07) is 11.9. The molecule has 5 nitrogen and oxygen atoms in total. The second kappa shape index (κ2) is 6.29. The highest BCUT2D eigenvalue weighted by Gasteiger charge is 2.33. The summed E-state index contributed by atoms with van der Waals surface area (Å²) in [4.78, 5) is 12.1. The number of amides is 1. The second-order valence-electron chi connectivity index (χ2n) is 6.09. The third-order valence-electron chi connectivity index (χ3n) is 4.40. The van der Waals surface area contributed by atoms with Crippen molar-refractivity contribution >= 4 is 23.0 Å². The molecule has 0 fully saturated rings. The van der Waals surface area contributed by atoms with Crippen molar-refractivity contribution in [2.24, 2.45) is 5.10 Å². The molecule has 0 bridgehead atoms. The van der Waals surface area contributed by atoms with Crippen LogP contribution in [-0.4, -0.2) is 26.4 Å². The summed E-state index contributed by atoms with van der Waals surface area (Å²) in [7, 11) is 0. The van der Waals surface area contributed by atoms with E-state index >= 15 is 0 Å². The van der Waals surface area contributed by atoms with E-state index in [-0.39, 0.29) is 11.9 Å². The van der Waals surface area contributed by atoms with Gasteiger partial charge in [-0.3, -0.25) is 4.79 Å². The van der Waals surface area contributed by atoms with Crippen LogP contribution in [0.5, 0.6) is 0 Å². The van der Waals surface area contributed by atoms with E-state index in [0.29, 0.717) is 6.42 Å². The zero-order valence-corrected chi connectivity index (χ0v) is 14.9. The molecule has 126 valence electrons. The number of hydrazone groups is 1. The van der Waals surface area contributed by atoms with E-state index in [0.717, 1.165) is 28.2 Å². The molecular formula is C19H18N4OS. The molecule has 0 aliphatic carbocycles. The first kappa shape index (κ1) is 15.8. The third kappa shape index (κ3) is 2.89. The first-order valence-electron chi connectivity index (χ1n) is 8.15. The molecule has 3 heterocycles. The Labute approximate surface area is 150 Å². The quantitative estimate of drug-likeness (QED) is 0.718. The van der Waals surface area contributed by atoms with Gasteiger partial charge in [-0.25, -0.2) is 9.69 Å².